The number of ketones is 1. The second kappa shape index (κ2) is 7.64. The zero-order valence-corrected chi connectivity index (χ0v) is 12.6. The fourth-order valence-corrected chi connectivity index (χ4v) is 2.53. The maximum absolute atomic E-state index is 12.2. The fraction of sp³-hybridized carbons (Fsp3) is 0.176. The first-order chi connectivity index (χ1) is 10.2. The number of carbonyl (C=O) groups excluding carboxylic acids is 2. The van der Waals surface area contributed by atoms with Gasteiger partial charge in [0.05, 0.1) is 0 Å². The molecule has 0 radical (unpaired) electrons. The van der Waals surface area contributed by atoms with Crippen molar-refractivity contribution in [2.75, 3.05) is 12.4 Å². The van der Waals surface area contributed by atoms with Gasteiger partial charge in [-0.15, -0.1) is 11.8 Å². The number of carbonyl (C=O) groups is 2. The van der Waals surface area contributed by atoms with Crippen LogP contribution in [0.15, 0.2) is 59.5 Å². The standard InChI is InChI=1S/C17H16O3S/c1-13(18)20-11-12-21-16-9-7-15(8-10-16)17(19)14-5-3-2-4-6-14/h2-10H,11-12H2,1H3. The molecular formula is C17H16O3S. The van der Waals surface area contributed by atoms with Crippen LogP contribution >= 0.6 is 11.8 Å². The summed E-state index contributed by atoms with van der Waals surface area (Å²) in [4.78, 5) is 23.9. The Kier molecular flexibility index (Phi) is 5.58. The van der Waals surface area contributed by atoms with Crippen LogP contribution in [0.1, 0.15) is 22.8 Å². The van der Waals surface area contributed by atoms with Crippen molar-refractivity contribution in [3.63, 3.8) is 0 Å². The van der Waals surface area contributed by atoms with Gasteiger partial charge in [0.15, 0.2) is 5.78 Å². The van der Waals surface area contributed by atoms with Crippen molar-refractivity contribution in [1.29, 1.82) is 0 Å². The van der Waals surface area contributed by atoms with Crippen LogP contribution in [0, 0.1) is 0 Å². The SMILES string of the molecule is CC(=O)OCCSc1ccc(C(=O)c2ccccc2)cc1. The molecular weight excluding hydrogens is 284 g/mol. The van der Waals surface area contributed by atoms with Crippen LogP contribution in [-0.4, -0.2) is 24.1 Å². The highest BCUT2D eigenvalue weighted by molar-refractivity contribution is 7.99. The molecule has 2 rings (SSSR count). The van der Waals surface area contributed by atoms with E-state index in [2.05, 4.69) is 0 Å². The number of thioether (sulfide) groups is 1. The molecule has 0 aromatic heterocycles. The summed E-state index contributed by atoms with van der Waals surface area (Å²) in [6, 6.07) is 16.7. The Morgan fingerprint density at radius 2 is 1.57 bits per heavy atom. The normalized spacial score (nSPS) is 10.1. The second-order valence-electron chi connectivity index (χ2n) is 4.41. The molecule has 0 amide bonds. The van der Waals surface area contributed by atoms with E-state index in [1.54, 1.807) is 11.8 Å². The lowest BCUT2D eigenvalue weighted by molar-refractivity contribution is -0.140. The highest BCUT2D eigenvalue weighted by Gasteiger charge is 2.08. The molecule has 0 N–H and O–H groups in total. The molecule has 0 fully saturated rings. The fourth-order valence-electron chi connectivity index (χ4n) is 1.80. The number of rotatable bonds is 6. The van der Waals surface area contributed by atoms with Crippen LogP contribution in [0.4, 0.5) is 0 Å². The average Bonchev–Trinajstić information content (AvgIpc) is 2.52. The number of hydrogen-bond donors (Lipinski definition) is 0. The third kappa shape index (κ3) is 4.76. The van der Waals surface area contributed by atoms with E-state index in [4.69, 9.17) is 4.74 Å². The Morgan fingerprint density at radius 1 is 0.952 bits per heavy atom. The molecule has 108 valence electrons. The van der Waals surface area contributed by atoms with Crippen LogP contribution in [0.3, 0.4) is 0 Å². The third-order valence-electron chi connectivity index (χ3n) is 2.81. The predicted octanol–water partition coefficient (Wildman–Crippen LogP) is 3.57. The maximum Gasteiger partial charge on any atom is 0.302 e. The molecule has 0 spiro atoms. The Labute approximate surface area is 128 Å². The zero-order chi connectivity index (χ0) is 15.1. The third-order valence-corrected chi connectivity index (χ3v) is 3.79. The van der Waals surface area contributed by atoms with Crippen molar-refractivity contribution in [3.8, 4) is 0 Å². The van der Waals surface area contributed by atoms with Crippen LogP contribution in [-0.2, 0) is 9.53 Å². The summed E-state index contributed by atoms with van der Waals surface area (Å²) >= 11 is 1.59. The second-order valence-corrected chi connectivity index (χ2v) is 5.58. The van der Waals surface area contributed by atoms with E-state index in [0.717, 1.165) is 4.90 Å². The molecule has 0 unspecified atom stereocenters. The largest absolute Gasteiger partial charge is 0.465 e. The van der Waals surface area contributed by atoms with Gasteiger partial charge in [0.1, 0.15) is 6.61 Å². The number of hydrogen-bond acceptors (Lipinski definition) is 4. The average molecular weight is 300 g/mol. The lowest BCUT2D eigenvalue weighted by Gasteiger charge is -2.04. The topological polar surface area (TPSA) is 43.4 Å². The summed E-state index contributed by atoms with van der Waals surface area (Å²) in [7, 11) is 0. The minimum Gasteiger partial charge on any atom is -0.465 e. The van der Waals surface area contributed by atoms with Gasteiger partial charge in [0.2, 0.25) is 0 Å². The Bertz CT molecular complexity index is 606. The monoisotopic (exact) mass is 300 g/mol. The van der Waals surface area contributed by atoms with E-state index >= 15 is 0 Å². The lowest BCUT2D eigenvalue weighted by atomic mass is 10.0. The van der Waals surface area contributed by atoms with Gasteiger partial charge in [-0.25, -0.2) is 0 Å². The van der Waals surface area contributed by atoms with Crippen LogP contribution in [0.5, 0.6) is 0 Å². The van der Waals surface area contributed by atoms with Gasteiger partial charge in [0.25, 0.3) is 0 Å². The van der Waals surface area contributed by atoms with Crippen LogP contribution in [0.2, 0.25) is 0 Å². The molecule has 2 aromatic carbocycles. The highest BCUT2D eigenvalue weighted by Crippen LogP contribution is 2.19. The molecule has 0 aliphatic carbocycles. The minimum absolute atomic E-state index is 0.0204. The van der Waals surface area contributed by atoms with Gasteiger partial charge >= 0.3 is 5.97 Å². The smallest absolute Gasteiger partial charge is 0.302 e. The summed E-state index contributed by atoms with van der Waals surface area (Å²) < 4.78 is 4.87. The zero-order valence-electron chi connectivity index (χ0n) is 11.7. The van der Waals surface area contributed by atoms with Crippen molar-refractivity contribution >= 4 is 23.5 Å². The summed E-state index contributed by atoms with van der Waals surface area (Å²) in [6.07, 6.45) is 0. The Balaban J connectivity index is 1.93. The molecule has 3 nitrogen and oxygen atoms in total. The lowest BCUT2D eigenvalue weighted by Crippen LogP contribution is -2.02. The van der Waals surface area contributed by atoms with Crippen molar-refractivity contribution in [2.24, 2.45) is 0 Å². The Morgan fingerprint density at radius 3 is 2.19 bits per heavy atom. The predicted molar refractivity (Wildman–Crippen MR) is 83.7 cm³/mol. The van der Waals surface area contributed by atoms with Crippen molar-refractivity contribution in [2.45, 2.75) is 11.8 Å². The molecule has 0 aliphatic heterocycles. The number of benzene rings is 2. The van der Waals surface area contributed by atoms with Gasteiger partial charge in [-0.1, -0.05) is 30.3 Å². The maximum atomic E-state index is 12.2. The van der Waals surface area contributed by atoms with Gasteiger partial charge in [-0.05, 0) is 24.3 Å². The molecule has 21 heavy (non-hydrogen) atoms. The molecule has 0 aliphatic rings. The summed E-state index contributed by atoms with van der Waals surface area (Å²) in [5.41, 5.74) is 1.36. The van der Waals surface area contributed by atoms with Gasteiger partial charge in [0, 0.05) is 28.7 Å². The molecule has 0 saturated heterocycles. The number of ether oxygens (including phenoxy) is 1. The summed E-state index contributed by atoms with van der Waals surface area (Å²) in [5.74, 6) is 0.456. The highest BCUT2D eigenvalue weighted by atomic mass is 32.2. The first-order valence-electron chi connectivity index (χ1n) is 6.63. The minimum atomic E-state index is -0.264. The van der Waals surface area contributed by atoms with Crippen molar-refractivity contribution < 1.29 is 14.3 Å². The van der Waals surface area contributed by atoms with Crippen LogP contribution < -0.4 is 0 Å². The van der Waals surface area contributed by atoms with E-state index in [9.17, 15) is 9.59 Å². The first-order valence-corrected chi connectivity index (χ1v) is 7.61. The molecule has 0 saturated carbocycles. The van der Waals surface area contributed by atoms with E-state index in [-0.39, 0.29) is 11.8 Å². The van der Waals surface area contributed by atoms with E-state index in [0.29, 0.717) is 23.5 Å². The van der Waals surface area contributed by atoms with Crippen LogP contribution in [0.25, 0.3) is 0 Å². The van der Waals surface area contributed by atoms with E-state index in [1.165, 1.54) is 6.92 Å². The molecule has 0 heterocycles. The summed E-state index contributed by atoms with van der Waals surface area (Å²) in [5, 5.41) is 0. The van der Waals surface area contributed by atoms with Gasteiger partial charge < -0.3 is 4.74 Å². The first kappa shape index (κ1) is 15.3. The number of esters is 1. The Hall–Kier alpha value is -2.07. The summed E-state index contributed by atoms with van der Waals surface area (Å²) in [6.45, 7) is 1.79. The molecule has 0 atom stereocenters. The van der Waals surface area contributed by atoms with Crippen molar-refractivity contribution in [1.82, 2.24) is 0 Å². The van der Waals surface area contributed by atoms with Crippen molar-refractivity contribution in [3.05, 3.63) is 65.7 Å². The van der Waals surface area contributed by atoms with E-state index in [1.807, 2.05) is 54.6 Å². The molecule has 0 bridgehead atoms. The molecule has 2 aromatic rings. The van der Waals surface area contributed by atoms with E-state index < -0.39 is 0 Å². The quantitative estimate of drug-likeness (QED) is 0.354. The molecule has 4 heteroatoms. The van der Waals surface area contributed by atoms with Gasteiger partial charge in [-0.2, -0.15) is 0 Å². The van der Waals surface area contributed by atoms with Gasteiger partial charge in [-0.3, -0.25) is 9.59 Å².